The van der Waals surface area contributed by atoms with Crippen LogP contribution in [0.5, 0.6) is 0 Å². The summed E-state index contributed by atoms with van der Waals surface area (Å²) >= 11 is 0. The van der Waals surface area contributed by atoms with Crippen molar-refractivity contribution < 1.29 is 8.42 Å². The van der Waals surface area contributed by atoms with Gasteiger partial charge in [0.05, 0.1) is 4.90 Å². The fourth-order valence-corrected chi connectivity index (χ4v) is 3.79. The average Bonchev–Trinajstić information content (AvgIpc) is 2.40. The molecule has 1 N–H and O–H groups in total. The number of rotatable bonds is 4. The fourth-order valence-electron chi connectivity index (χ4n) is 2.32. The molecule has 0 bridgehead atoms. The maximum Gasteiger partial charge on any atom is 0.243 e. The Hall–Kier alpha value is -1.07. The topological polar surface area (TPSA) is 49.4 Å². The van der Waals surface area contributed by atoms with Gasteiger partial charge in [-0.05, 0) is 49.9 Å². The highest BCUT2D eigenvalue weighted by atomic mass is 32.2. The minimum Gasteiger partial charge on any atom is -0.385 e. The van der Waals surface area contributed by atoms with Gasteiger partial charge in [-0.15, -0.1) is 0 Å². The van der Waals surface area contributed by atoms with Gasteiger partial charge in [0.2, 0.25) is 10.0 Å². The van der Waals surface area contributed by atoms with E-state index < -0.39 is 10.0 Å². The highest BCUT2D eigenvalue weighted by molar-refractivity contribution is 7.89. The van der Waals surface area contributed by atoms with Gasteiger partial charge >= 0.3 is 0 Å². The van der Waals surface area contributed by atoms with Gasteiger partial charge in [-0.3, -0.25) is 0 Å². The van der Waals surface area contributed by atoms with E-state index in [1.165, 1.54) is 0 Å². The lowest BCUT2D eigenvalue weighted by molar-refractivity contribution is 0.288. The van der Waals surface area contributed by atoms with Crippen LogP contribution in [0.3, 0.4) is 0 Å². The molecule has 106 valence electrons. The van der Waals surface area contributed by atoms with Crippen molar-refractivity contribution in [3.05, 3.63) is 24.3 Å². The molecule has 1 aliphatic rings. The molecule has 0 spiro atoms. The van der Waals surface area contributed by atoms with E-state index in [0.29, 0.717) is 23.9 Å². The molecule has 0 saturated carbocycles. The van der Waals surface area contributed by atoms with Crippen LogP contribution in [0.1, 0.15) is 26.7 Å². The average molecular weight is 282 g/mol. The molecule has 1 fully saturated rings. The molecule has 1 aliphatic heterocycles. The van der Waals surface area contributed by atoms with E-state index in [9.17, 15) is 8.42 Å². The molecule has 0 aliphatic carbocycles. The molecule has 0 unspecified atom stereocenters. The first-order valence-electron chi connectivity index (χ1n) is 6.88. The zero-order valence-corrected chi connectivity index (χ0v) is 12.4. The van der Waals surface area contributed by atoms with Crippen molar-refractivity contribution in [1.29, 1.82) is 0 Å². The molecule has 19 heavy (non-hydrogen) atoms. The smallest absolute Gasteiger partial charge is 0.243 e. The minimum absolute atomic E-state index is 0.392. The van der Waals surface area contributed by atoms with E-state index in [1.807, 2.05) is 19.1 Å². The van der Waals surface area contributed by atoms with Gasteiger partial charge in [-0.1, -0.05) is 6.92 Å². The van der Waals surface area contributed by atoms with Gasteiger partial charge in [-0.25, -0.2) is 8.42 Å². The Balaban J connectivity index is 2.15. The van der Waals surface area contributed by atoms with Crippen LogP contribution in [-0.4, -0.2) is 32.4 Å². The van der Waals surface area contributed by atoms with E-state index in [0.717, 1.165) is 25.1 Å². The molecule has 0 atom stereocenters. The molecule has 4 nitrogen and oxygen atoms in total. The lowest BCUT2D eigenvalue weighted by Gasteiger charge is -2.29. The summed E-state index contributed by atoms with van der Waals surface area (Å²) in [6.45, 7) is 6.29. The zero-order valence-electron chi connectivity index (χ0n) is 11.6. The summed E-state index contributed by atoms with van der Waals surface area (Å²) in [5.41, 5.74) is 0.953. The predicted molar refractivity (Wildman–Crippen MR) is 77.8 cm³/mol. The number of piperidine rings is 1. The lowest BCUT2D eigenvalue weighted by Crippen LogP contribution is -2.37. The van der Waals surface area contributed by atoms with Crippen LogP contribution in [0, 0.1) is 5.92 Å². The first-order valence-corrected chi connectivity index (χ1v) is 8.32. The number of nitrogens with zero attached hydrogens (tertiary/aromatic N) is 1. The molecule has 1 saturated heterocycles. The van der Waals surface area contributed by atoms with E-state index >= 15 is 0 Å². The van der Waals surface area contributed by atoms with Crippen LogP contribution in [0.25, 0.3) is 0 Å². The molecule has 1 heterocycles. The molecule has 0 radical (unpaired) electrons. The van der Waals surface area contributed by atoms with Gasteiger partial charge < -0.3 is 5.32 Å². The Morgan fingerprint density at radius 3 is 2.32 bits per heavy atom. The SMILES string of the molecule is CCNc1ccc(S(=O)(=O)N2CCC(C)CC2)cc1. The third-order valence-electron chi connectivity index (χ3n) is 3.62. The first kappa shape index (κ1) is 14.3. The normalized spacial score (nSPS) is 18.4. The second-order valence-corrected chi connectivity index (χ2v) is 7.08. The largest absolute Gasteiger partial charge is 0.385 e. The molecule has 5 heteroatoms. The Labute approximate surface area is 115 Å². The Morgan fingerprint density at radius 2 is 1.79 bits per heavy atom. The van der Waals surface area contributed by atoms with Gasteiger partial charge in [0.15, 0.2) is 0 Å². The third-order valence-corrected chi connectivity index (χ3v) is 5.53. The van der Waals surface area contributed by atoms with Crippen molar-refractivity contribution in [2.24, 2.45) is 5.92 Å². The molecule has 2 rings (SSSR count). The fraction of sp³-hybridized carbons (Fsp3) is 0.571. The molecule has 1 aromatic carbocycles. The zero-order chi connectivity index (χ0) is 13.9. The van der Waals surface area contributed by atoms with Crippen LogP contribution in [-0.2, 0) is 10.0 Å². The second-order valence-electron chi connectivity index (χ2n) is 5.14. The van der Waals surface area contributed by atoms with Crippen molar-refractivity contribution in [2.75, 3.05) is 25.0 Å². The molecule has 0 aromatic heterocycles. The van der Waals surface area contributed by atoms with Gasteiger partial charge in [-0.2, -0.15) is 4.31 Å². The van der Waals surface area contributed by atoms with Crippen LogP contribution < -0.4 is 5.32 Å². The number of hydrogen-bond acceptors (Lipinski definition) is 3. The molecular formula is C14H22N2O2S. The van der Waals surface area contributed by atoms with E-state index in [-0.39, 0.29) is 0 Å². The van der Waals surface area contributed by atoms with Gasteiger partial charge in [0.1, 0.15) is 0 Å². The number of benzene rings is 1. The van der Waals surface area contributed by atoms with Crippen molar-refractivity contribution in [2.45, 2.75) is 31.6 Å². The Kier molecular flexibility index (Phi) is 4.47. The molecular weight excluding hydrogens is 260 g/mol. The van der Waals surface area contributed by atoms with E-state index in [1.54, 1.807) is 16.4 Å². The summed E-state index contributed by atoms with van der Waals surface area (Å²) in [5, 5.41) is 3.16. The summed E-state index contributed by atoms with van der Waals surface area (Å²) in [6, 6.07) is 7.02. The monoisotopic (exact) mass is 282 g/mol. The van der Waals surface area contributed by atoms with Gasteiger partial charge in [0, 0.05) is 25.3 Å². The predicted octanol–water partition coefficient (Wildman–Crippen LogP) is 2.54. The first-order chi connectivity index (χ1) is 9.04. The summed E-state index contributed by atoms with van der Waals surface area (Å²) in [6.07, 6.45) is 1.91. The van der Waals surface area contributed by atoms with E-state index in [2.05, 4.69) is 12.2 Å². The number of hydrogen-bond donors (Lipinski definition) is 1. The second kappa shape index (κ2) is 5.92. The van der Waals surface area contributed by atoms with Crippen molar-refractivity contribution in [3.63, 3.8) is 0 Å². The standard InChI is InChI=1S/C14H22N2O2S/c1-3-15-13-4-6-14(7-5-13)19(17,18)16-10-8-12(2)9-11-16/h4-7,12,15H,3,8-11H2,1-2H3. The highest BCUT2D eigenvalue weighted by Crippen LogP contribution is 2.24. The summed E-state index contributed by atoms with van der Waals surface area (Å²) in [5.74, 6) is 0.627. The number of anilines is 1. The van der Waals surface area contributed by atoms with Crippen molar-refractivity contribution >= 4 is 15.7 Å². The van der Waals surface area contributed by atoms with Crippen molar-refractivity contribution in [3.8, 4) is 0 Å². The van der Waals surface area contributed by atoms with Crippen LogP contribution in [0.15, 0.2) is 29.2 Å². The maximum atomic E-state index is 12.5. The number of nitrogens with one attached hydrogen (secondary N) is 1. The van der Waals surface area contributed by atoms with Crippen LogP contribution in [0.4, 0.5) is 5.69 Å². The van der Waals surface area contributed by atoms with E-state index in [4.69, 9.17) is 0 Å². The molecule has 0 amide bonds. The molecule has 1 aromatic rings. The Morgan fingerprint density at radius 1 is 1.21 bits per heavy atom. The maximum absolute atomic E-state index is 12.5. The lowest BCUT2D eigenvalue weighted by atomic mass is 10.0. The number of sulfonamides is 1. The summed E-state index contributed by atoms with van der Waals surface area (Å²) in [4.78, 5) is 0.392. The summed E-state index contributed by atoms with van der Waals surface area (Å²) in [7, 11) is -3.31. The van der Waals surface area contributed by atoms with Crippen molar-refractivity contribution in [1.82, 2.24) is 4.31 Å². The van der Waals surface area contributed by atoms with Gasteiger partial charge in [0.25, 0.3) is 0 Å². The quantitative estimate of drug-likeness (QED) is 0.923. The Bertz CT molecular complexity index is 503. The van der Waals surface area contributed by atoms with Crippen LogP contribution >= 0.6 is 0 Å². The third kappa shape index (κ3) is 3.28. The summed E-state index contributed by atoms with van der Waals surface area (Å²) < 4.78 is 26.5. The van der Waals surface area contributed by atoms with Crippen LogP contribution in [0.2, 0.25) is 0 Å². The minimum atomic E-state index is -3.31. The highest BCUT2D eigenvalue weighted by Gasteiger charge is 2.27.